The molecule has 1 fully saturated rings. The van der Waals surface area contributed by atoms with Crippen molar-refractivity contribution in [2.75, 3.05) is 11.4 Å². The molecule has 19 heavy (non-hydrogen) atoms. The van der Waals surface area contributed by atoms with Gasteiger partial charge < -0.3 is 9.64 Å². The monoisotopic (exact) mass is 260 g/mol. The van der Waals surface area contributed by atoms with Gasteiger partial charge in [-0.1, -0.05) is 20.8 Å². The van der Waals surface area contributed by atoms with E-state index in [9.17, 15) is 4.79 Å². The minimum atomic E-state index is -0.425. The Kier molecular flexibility index (Phi) is 2.43. The Morgan fingerprint density at radius 3 is 2.58 bits per heavy atom. The van der Waals surface area contributed by atoms with Crippen LogP contribution in [0.1, 0.15) is 46.2 Å². The summed E-state index contributed by atoms with van der Waals surface area (Å²) in [6.45, 7) is 9.26. The molecule has 102 valence electrons. The fourth-order valence-electron chi connectivity index (χ4n) is 2.68. The topological polar surface area (TPSA) is 42.4 Å². The molecule has 0 bridgehead atoms. The average molecular weight is 260 g/mol. The number of esters is 1. The third kappa shape index (κ3) is 1.73. The fourth-order valence-corrected chi connectivity index (χ4v) is 2.68. The normalized spacial score (nSPS) is 20.2. The molecule has 0 N–H and O–H groups in total. The number of likely N-dealkylation sites (N-methyl/N-ethyl adjacent to an activating group) is 1. The molecule has 1 spiro atoms. The van der Waals surface area contributed by atoms with E-state index in [0.29, 0.717) is 5.75 Å². The average Bonchev–Trinajstić information content (AvgIpc) is 3.11. The Morgan fingerprint density at radius 2 is 2.05 bits per heavy atom. The molecule has 1 aliphatic heterocycles. The second kappa shape index (κ2) is 3.71. The molecule has 0 saturated heterocycles. The summed E-state index contributed by atoms with van der Waals surface area (Å²) in [5.74, 6) is 1.30. The number of carbonyl (C=O) groups excluding carboxylic acids is 1. The highest BCUT2D eigenvalue weighted by Crippen LogP contribution is 2.50. The van der Waals surface area contributed by atoms with Gasteiger partial charge in [0.25, 0.3) is 0 Å². The minimum Gasteiger partial charge on any atom is -0.421 e. The van der Waals surface area contributed by atoms with Crippen molar-refractivity contribution in [1.82, 2.24) is 4.98 Å². The first-order valence-corrected chi connectivity index (χ1v) is 6.90. The molecule has 3 rings (SSSR count). The molecule has 1 aromatic rings. The van der Waals surface area contributed by atoms with Crippen molar-refractivity contribution in [3.63, 3.8) is 0 Å². The van der Waals surface area contributed by atoms with Gasteiger partial charge in [-0.3, -0.25) is 0 Å². The van der Waals surface area contributed by atoms with E-state index in [4.69, 9.17) is 9.72 Å². The number of anilines is 1. The van der Waals surface area contributed by atoms with Crippen LogP contribution in [0, 0.1) is 0 Å². The van der Waals surface area contributed by atoms with Crippen LogP contribution in [0.2, 0.25) is 0 Å². The molecule has 0 amide bonds. The van der Waals surface area contributed by atoms with Crippen LogP contribution in [0.4, 0.5) is 5.82 Å². The van der Waals surface area contributed by atoms with Crippen molar-refractivity contribution < 1.29 is 9.53 Å². The first-order valence-electron chi connectivity index (χ1n) is 6.90. The molecule has 1 aromatic heterocycles. The van der Waals surface area contributed by atoms with Crippen LogP contribution in [-0.2, 0) is 10.2 Å². The Balaban J connectivity index is 2.11. The van der Waals surface area contributed by atoms with E-state index < -0.39 is 5.54 Å². The molecule has 0 radical (unpaired) electrons. The summed E-state index contributed by atoms with van der Waals surface area (Å²) in [7, 11) is 0. The van der Waals surface area contributed by atoms with E-state index in [1.54, 1.807) is 0 Å². The van der Waals surface area contributed by atoms with Gasteiger partial charge in [-0.2, -0.15) is 0 Å². The molecular formula is C15H20N2O2. The maximum Gasteiger partial charge on any atom is 0.337 e. The largest absolute Gasteiger partial charge is 0.421 e. The molecule has 1 saturated carbocycles. The van der Waals surface area contributed by atoms with Gasteiger partial charge in [-0.25, -0.2) is 9.78 Å². The number of rotatable bonds is 1. The van der Waals surface area contributed by atoms with Gasteiger partial charge in [-0.05, 0) is 31.9 Å². The second-order valence-corrected chi connectivity index (χ2v) is 6.43. The lowest BCUT2D eigenvalue weighted by atomic mass is 9.91. The Hall–Kier alpha value is -1.58. The van der Waals surface area contributed by atoms with Crippen molar-refractivity contribution in [2.45, 2.75) is 51.5 Å². The van der Waals surface area contributed by atoms with Crippen molar-refractivity contribution in [3.8, 4) is 5.75 Å². The first-order chi connectivity index (χ1) is 8.88. The summed E-state index contributed by atoms with van der Waals surface area (Å²) < 4.78 is 5.47. The maximum atomic E-state index is 12.1. The van der Waals surface area contributed by atoms with Crippen LogP contribution in [0.3, 0.4) is 0 Å². The number of aromatic nitrogens is 1. The molecule has 4 nitrogen and oxygen atoms in total. The lowest BCUT2D eigenvalue weighted by Gasteiger charge is -2.36. The molecular weight excluding hydrogens is 240 g/mol. The zero-order valence-corrected chi connectivity index (χ0v) is 12.0. The lowest BCUT2D eigenvalue weighted by Crippen LogP contribution is -2.49. The molecule has 0 atom stereocenters. The number of hydrogen-bond acceptors (Lipinski definition) is 4. The highest BCUT2D eigenvalue weighted by atomic mass is 16.5. The van der Waals surface area contributed by atoms with E-state index in [0.717, 1.165) is 30.9 Å². The number of ether oxygens (including phenoxy) is 1. The summed E-state index contributed by atoms with van der Waals surface area (Å²) in [6, 6.07) is 3.82. The second-order valence-electron chi connectivity index (χ2n) is 6.43. The van der Waals surface area contributed by atoms with Gasteiger partial charge in [0.15, 0.2) is 11.6 Å². The van der Waals surface area contributed by atoms with E-state index in [-0.39, 0.29) is 11.4 Å². The predicted molar refractivity (Wildman–Crippen MR) is 73.6 cm³/mol. The molecule has 0 aromatic carbocycles. The highest BCUT2D eigenvalue weighted by Gasteiger charge is 2.59. The fraction of sp³-hybridized carbons (Fsp3) is 0.600. The molecule has 4 heteroatoms. The van der Waals surface area contributed by atoms with Gasteiger partial charge in [-0.15, -0.1) is 0 Å². The van der Waals surface area contributed by atoms with Crippen LogP contribution in [-0.4, -0.2) is 23.0 Å². The number of carbonyl (C=O) groups is 1. The smallest absolute Gasteiger partial charge is 0.337 e. The van der Waals surface area contributed by atoms with Crippen molar-refractivity contribution >= 4 is 11.8 Å². The van der Waals surface area contributed by atoms with Crippen molar-refractivity contribution in [2.24, 2.45) is 0 Å². The number of nitrogens with zero attached hydrogens (tertiary/aromatic N) is 2. The summed E-state index contributed by atoms with van der Waals surface area (Å²) in [6.07, 6.45) is 1.75. The summed E-state index contributed by atoms with van der Waals surface area (Å²) in [5.41, 5.74) is 0.594. The molecule has 1 aliphatic carbocycles. The number of hydrogen-bond donors (Lipinski definition) is 0. The Morgan fingerprint density at radius 1 is 1.37 bits per heavy atom. The predicted octanol–water partition coefficient (Wildman–Crippen LogP) is 2.66. The lowest BCUT2D eigenvalue weighted by molar-refractivity contribution is -0.137. The third-order valence-corrected chi connectivity index (χ3v) is 4.00. The first kappa shape index (κ1) is 12.5. The quantitative estimate of drug-likeness (QED) is 0.728. The summed E-state index contributed by atoms with van der Waals surface area (Å²) in [4.78, 5) is 19.0. The zero-order chi connectivity index (χ0) is 13.8. The van der Waals surface area contributed by atoms with E-state index in [2.05, 4.69) is 32.6 Å². The zero-order valence-electron chi connectivity index (χ0n) is 12.0. The van der Waals surface area contributed by atoms with E-state index >= 15 is 0 Å². The number of pyridine rings is 1. The van der Waals surface area contributed by atoms with Gasteiger partial charge in [0.2, 0.25) is 0 Å². The Labute approximate surface area is 113 Å². The summed E-state index contributed by atoms with van der Waals surface area (Å²) >= 11 is 0. The van der Waals surface area contributed by atoms with Crippen LogP contribution in [0.15, 0.2) is 12.1 Å². The van der Waals surface area contributed by atoms with Gasteiger partial charge >= 0.3 is 5.97 Å². The van der Waals surface area contributed by atoms with Crippen LogP contribution >= 0.6 is 0 Å². The highest BCUT2D eigenvalue weighted by molar-refractivity contribution is 5.94. The van der Waals surface area contributed by atoms with E-state index in [1.807, 2.05) is 12.1 Å². The summed E-state index contributed by atoms with van der Waals surface area (Å²) in [5, 5.41) is 0. The molecule has 2 aliphatic rings. The third-order valence-electron chi connectivity index (χ3n) is 4.00. The van der Waals surface area contributed by atoms with Crippen LogP contribution in [0.25, 0.3) is 0 Å². The minimum absolute atomic E-state index is 0.00733. The van der Waals surface area contributed by atoms with Crippen molar-refractivity contribution in [1.29, 1.82) is 0 Å². The Bertz CT molecular complexity index is 542. The van der Waals surface area contributed by atoms with Gasteiger partial charge in [0, 0.05) is 17.7 Å². The van der Waals surface area contributed by atoms with Gasteiger partial charge in [0.1, 0.15) is 5.54 Å². The SMILES string of the molecule is CCN1c2nc(C(C)(C)C)ccc2OC(=O)C12CC2. The maximum absolute atomic E-state index is 12.1. The number of fused-ring (bicyclic) bond motifs is 1. The van der Waals surface area contributed by atoms with Crippen LogP contribution < -0.4 is 9.64 Å². The van der Waals surface area contributed by atoms with Crippen LogP contribution in [0.5, 0.6) is 5.75 Å². The molecule has 2 heterocycles. The molecule has 0 unspecified atom stereocenters. The van der Waals surface area contributed by atoms with Gasteiger partial charge in [0.05, 0.1) is 0 Å². The standard InChI is InChI=1S/C15H20N2O2/c1-5-17-12-10(19-13(18)15(17)8-9-15)6-7-11(16-12)14(2,3)4/h6-7H,5,8-9H2,1-4H3. The van der Waals surface area contributed by atoms with E-state index in [1.165, 1.54) is 0 Å². The van der Waals surface area contributed by atoms with Crippen molar-refractivity contribution in [3.05, 3.63) is 17.8 Å².